The summed E-state index contributed by atoms with van der Waals surface area (Å²) in [5, 5.41) is 0. The standard InChI is InChI=1S/C54H54O10/c1-5-6-34-59-45-21-15-40(16-22-45)51(55)62-48-25-17-41(18-26-48)52(56)61-47-23-13-39(14-24-47)43-11-8-12-44(36-43)54(58)64-49-27-19-42(20-28-49)53(57)63-50-31-29-46(30-32-50)60-35-33-38(4)10-7-9-37(2)3/h8,11-32,36-38H,5-7,9-10,33-35H2,1-4H3/t38-/m0/s1. The van der Waals surface area contributed by atoms with Crippen LogP contribution in [0.2, 0.25) is 0 Å². The van der Waals surface area contributed by atoms with Gasteiger partial charge in [-0.2, -0.15) is 0 Å². The smallest absolute Gasteiger partial charge is 0.343 e. The van der Waals surface area contributed by atoms with Crippen LogP contribution in [0.3, 0.4) is 0 Å². The predicted molar refractivity (Wildman–Crippen MR) is 246 cm³/mol. The van der Waals surface area contributed by atoms with Crippen molar-refractivity contribution < 1.29 is 47.6 Å². The van der Waals surface area contributed by atoms with Crippen LogP contribution in [-0.2, 0) is 0 Å². The van der Waals surface area contributed by atoms with Gasteiger partial charge in [-0.05, 0) is 157 Å². The molecule has 0 fully saturated rings. The van der Waals surface area contributed by atoms with E-state index in [4.69, 9.17) is 28.4 Å². The molecule has 1 atom stereocenters. The molecule has 0 aliphatic carbocycles. The van der Waals surface area contributed by atoms with Crippen molar-refractivity contribution in [1.82, 2.24) is 0 Å². The van der Waals surface area contributed by atoms with E-state index in [9.17, 15) is 19.2 Å². The molecule has 0 amide bonds. The monoisotopic (exact) mass is 862 g/mol. The van der Waals surface area contributed by atoms with Gasteiger partial charge in [-0.1, -0.05) is 77.6 Å². The van der Waals surface area contributed by atoms with Gasteiger partial charge in [-0.15, -0.1) is 0 Å². The highest BCUT2D eigenvalue weighted by Crippen LogP contribution is 2.26. The summed E-state index contributed by atoms with van der Waals surface area (Å²) in [5.74, 6) is 1.76. The fraction of sp³-hybridized carbons (Fsp3) is 0.259. The molecule has 0 bridgehead atoms. The maximum atomic E-state index is 13.1. The summed E-state index contributed by atoms with van der Waals surface area (Å²) in [7, 11) is 0. The Morgan fingerprint density at radius 1 is 0.406 bits per heavy atom. The van der Waals surface area contributed by atoms with Crippen LogP contribution < -0.4 is 28.4 Å². The second kappa shape index (κ2) is 23.3. The van der Waals surface area contributed by atoms with E-state index >= 15 is 0 Å². The number of carbonyl (C=O) groups is 4. The summed E-state index contributed by atoms with van der Waals surface area (Å²) in [6.07, 6.45) is 6.66. The third-order valence-corrected chi connectivity index (χ3v) is 10.3. The van der Waals surface area contributed by atoms with Crippen LogP contribution in [0.1, 0.15) is 108 Å². The van der Waals surface area contributed by atoms with Crippen LogP contribution in [0.15, 0.2) is 146 Å². The summed E-state index contributed by atoms with van der Waals surface area (Å²) in [6, 6.07) is 39.8. The maximum Gasteiger partial charge on any atom is 0.343 e. The van der Waals surface area contributed by atoms with Gasteiger partial charge < -0.3 is 28.4 Å². The lowest BCUT2D eigenvalue weighted by molar-refractivity contribution is 0.0720. The van der Waals surface area contributed by atoms with Crippen LogP contribution in [0.25, 0.3) is 11.1 Å². The predicted octanol–water partition coefficient (Wildman–Crippen LogP) is 12.6. The highest BCUT2D eigenvalue weighted by atomic mass is 16.5. The van der Waals surface area contributed by atoms with Crippen molar-refractivity contribution >= 4 is 23.9 Å². The number of rotatable bonds is 21. The Morgan fingerprint density at radius 2 is 0.812 bits per heavy atom. The first-order valence-electron chi connectivity index (χ1n) is 21.8. The average Bonchev–Trinajstić information content (AvgIpc) is 3.30. The van der Waals surface area contributed by atoms with Gasteiger partial charge in [0.25, 0.3) is 0 Å². The summed E-state index contributed by atoms with van der Waals surface area (Å²) in [6.45, 7) is 10.1. The fourth-order valence-electron chi connectivity index (χ4n) is 6.55. The summed E-state index contributed by atoms with van der Waals surface area (Å²) in [4.78, 5) is 51.5. The first-order valence-corrected chi connectivity index (χ1v) is 21.8. The maximum absolute atomic E-state index is 13.1. The molecule has 64 heavy (non-hydrogen) atoms. The molecule has 0 aliphatic rings. The van der Waals surface area contributed by atoms with Gasteiger partial charge in [0.15, 0.2) is 0 Å². The van der Waals surface area contributed by atoms with Gasteiger partial charge in [0.05, 0.1) is 35.5 Å². The lowest BCUT2D eigenvalue weighted by Crippen LogP contribution is -2.10. The normalized spacial score (nSPS) is 11.3. The number of benzene rings is 6. The number of hydrogen-bond donors (Lipinski definition) is 0. The second-order valence-electron chi connectivity index (χ2n) is 16.0. The molecule has 6 aromatic rings. The van der Waals surface area contributed by atoms with E-state index in [1.807, 2.05) is 6.07 Å². The Morgan fingerprint density at radius 3 is 1.28 bits per heavy atom. The topological polar surface area (TPSA) is 124 Å². The lowest BCUT2D eigenvalue weighted by Gasteiger charge is -2.13. The van der Waals surface area contributed by atoms with Crippen LogP contribution in [0.4, 0.5) is 0 Å². The van der Waals surface area contributed by atoms with E-state index in [0.717, 1.165) is 42.1 Å². The number of carbonyl (C=O) groups excluding carboxylic acids is 4. The van der Waals surface area contributed by atoms with Gasteiger partial charge in [-0.25, -0.2) is 19.2 Å². The quantitative estimate of drug-likeness (QED) is 0.0392. The average molecular weight is 863 g/mol. The highest BCUT2D eigenvalue weighted by molar-refractivity contribution is 5.94. The molecule has 6 aromatic carbocycles. The van der Waals surface area contributed by atoms with Crippen molar-refractivity contribution in [1.29, 1.82) is 0 Å². The minimum atomic E-state index is -0.585. The zero-order valence-corrected chi connectivity index (χ0v) is 36.8. The van der Waals surface area contributed by atoms with Crippen molar-refractivity contribution in [3.8, 4) is 45.6 Å². The molecule has 0 N–H and O–H groups in total. The van der Waals surface area contributed by atoms with Crippen LogP contribution >= 0.6 is 0 Å². The molecule has 10 heteroatoms. The lowest BCUT2D eigenvalue weighted by atomic mass is 9.98. The third-order valence-electron chi connectivity index (χ3n) is 10.3. The van der Waals surface area contributed by atoms with Crippen LogP contribution in [0.5, 0.6) is 34.5 Å². The molecule has 0 radical (unpaired) electrons. The SMILES string of the molecule is CCCCOc1ccc(C(=O)Oc2ccc(C(=O)Oc3ccc(-c4cccc(C(=O)Oc5ccc(C(=O)Oc6ccc(OCC[C@@H](C)CCCC(C)C)cc6)cc5)c4)cc3)cc2)cc1. The number of esters is 4. The van der Waals surface area contributed by atoms with Crippen molar-refractivity contribution in [3.05, 3.63) is 168 Å². The zero-order valence-electron chi connectivity index (χ0n) is 36.8. The van der Waals surface area contributed by atoms with Crippen molar-refractivity contribution in [2.24, 2.45) is 11.8 Å². The number of hydrogen-bond acceptors (Lipinski definition) is 10. The molecule has 330 valence electrons. The Labute approximate surface area is 375 Å². The third kappa shape index (κ3) is 14.2. The van der Waals surface area contributed by atoms with E-state index in [2.05, 4.69) is 27.7 Å². The molecule has 0 unspecified atom stereocenters. The largest absolute Gasteiger partial charge is 0.494 e. The van der Waals surface area contributed by atoms with Gasteiger partial charge in [-0.3, -0.25) is 0 Å². The molecule has 0 spiro atoms. The minimum absolute atomic E-state index is 0.263. The van der Waals surface area contributed by atoms with Gasteiger partial charge >= 0.3 is 23.9 Å². The Kier molecular flexibility index (Phi) is 16.9. The first-order chi connectivity index (χ1) is 31.0. The van der Waals surface area contributed by atoms with Crippen LogP contribution in [0, 0.1) is 11.8 Å². The number of unbranched alkanes of at least 4 members (excludes halogenated alkanes) is 1. The zero-order chi connectivity index (χ0) is 45.3. The molecule has 0 heterocycles. The van der Waals surface area contributed by atoms with E-state index in [0.29, 0.717) is 53.1 Å². The van der Waals surface area contributed by atoms with Gasteiger partial charge in [0.1, 0.15) is 34.5 Å². The molecular formula is C54H54O10. The Bertz CT molecular complexity index is 2440. The molecular weight excluding hydrogens is 809 g/mol. The van der Waals surface area contributed by atoms with Crippen molar-refractivity contribution in [3.63, 3.8) is 0 Å². The second-order valence-corrected chi connectivity index (χ2v) is 16.0. The summed E-state index contributed by atoms with van der Waals surface area (Å²) >= 11 is 0. The van der Waals surface area contributed by atoms with Crippen molar-refractivity contribution in [2.45, 2.75) is 66.2 Å². The van der Waals surface area contributed by atoms with Gasteiger partial charge in [0, 0.05) is 0 Å². The highest BCUT2D eigenvalue weighted by Gasteiger charge is 2.15. The number of ether oxygens (including phenoxy) is 6. The molecule has 0 aliphatic heterocycles. The van der Waals surface area contributed by atoms with Gasteiger partial charge in [0.2, 0.25) is 0 Å². The summed E-state index contributed by atoms with van der Waals surface area (Å²) < 4.78 is 33.8. The molecule has 10 nitrogen and oxygen atoms in total. The van der Waals surface area contributed by atoms with E-state index < -0.39 is 23.9 Å². The molecule has 0 aromatic heterocycles. The summed E-state index contributed by atoms with van der Waals surface area (Å²) in [5.41, 5.74) is 2.78. The minimum Gasteiger partial charge on any atom is -0.494 e. The molecule has 6 rings (SSSR count). The Hall–Kier alpha value is -7.20. The first kappa shape index (κ1) is 46.3. The fourth-order valence-corrected chi connectivity index (χ4v) is 6.55. The van der Waals surface area contributed by atoms with Crippen LogP contribution in [-0.4, -0.2) is 37.1 Å². The molecule has 0 saturated carbocycles. The van der Waals surface area contributed by atoms with Crippen molar-refractivity contribution in [2.75, 3.05) is 13.2 Å². The van der Waals surface area contributed by atoms with E-state index in [-0.39, 0.29) is 17.1 Å². The molecule has 0 saturated heterocycles. The van der Waals surface area contributed by atoms with E-state index in [1.165, 1.54) is 67.8 Å². The van der Waals surface area contributed by atoms with E-state index in [1.54, 1.807) is 91.0 Å². The Balaban J connectivity index is 0.944.